The van der Waals surface area contributed by atoms with Gasteiger partial charge in [0.05, 0.1) is 19.8 Å². The van der Waals surface area contributed by atoms with Gasteiger partial charge in [0.1, 0.15) is 5.82 Å². The molecule has 0 unspecified atom stereocenters. The van der Waals surface area contributed by atoms with Crippen LogP contribution in [0.2, 0.25) is 0 Å². The number of amides is 1. The molecule has 2 N–H and O–H groups in total. The van der Waals surface area contributed by atoms with Gasteiger partial charge in [-0.25, -0.2) is 4.98 Å². The normalized spacial score (nSPS) is 17.6. The highest BCUT2D eigenvalue weighted by atomic mass is 19.4. The number of benzene rings is 1. The summed E-state index contributed by atoms with van der Waals surface area (Å²) in [6.07, 6.45) is -0.405. The second kappa shape index (κ2) is 14.9. The molecular formula is C36H45F3N6O4. The van der Waals surface area contributed by atoms with Gasteiger partial charge in [0.2, 0.25) is 0 Å². The summed E-state index contributed by atoms with van der Waals surface area (Å²) >= 11 is 0. The maximum absolute atomic E-state index is 14.0. The van der Waals surface area contributed by atoms with Crippen molar-refractivity contribution in [1.29, 1.82) is 0 Å². The lowest BCUT2D eigenvalue weighted by Gasteiger charge is -2.37. The molecular weight excluding hydrogens is 637 g/mol. The number of carbonyl (C=O) groups is 1. The Morgan fingerprint density at radius 3 is 2.45 bits per heavy atom. The van der Waals surface area contributed by atoms with Crippen LogP contribution in [0.1, 0.15) is 58.1 Å². The Kier molecular flexibility index (Phi) is 10.6. The number of nitrogens with one attached hydrogen (secondary N) is 2. The summed E-state index contributed by atoms with van der Waals surface area (Å²) in [6, 6.07) is 8.29. The van der Waals surface area contributed by atoms with Gasteiger partial charge in [0.25, 0.3) is 11.5 Å². The summed E-state index contributed by atoms with van der Waals surface area (Å²) in [5.41, 5.74) is 6.01. The number of anilines is 2. The zero-order valence-electron chi connectivity index (χ0n) is 28.4. The largest absolute Gasteiger partial charge is 0.401 e. The second-order valence-electron chi connectivity index (χ2n) is 13.1. The van der Waals surface area contributed by atoms with E-state index in [1.807, 2.05) is 31.3 Å². The van der Waals surface area contributed by atoms with Crippen molar-refractivity contribution in [2.24, 2.45) is 0 Å². The number of ether oxygens (including phenoxy) is 2. The number of hydrogen-bond donors (Lipinski definition) is 2. The van der Waals surface area contributed by atoms with Crippen molar-refractivity contribution >= 4 is 17.4 Å². The van der Waals surface area contributed by atoms with Gasteiger partial charge < -0.3 is 29.6 Å². The molecule has 6 rings (SSSR count). The van der Waals surface area contributed by atoms with Crippen LogP contribution in [0.15, 0.2) is 35.3 Å². The Morgan fingerprint density at radius 1 is 1.04 bits per heavy atom. The number of aryl methyl sites for hydroxylation is 1. The van der Waals surface area contributed by atoms with E-state index in [1.165, 1.54) is 4.90 Å². The molecule has 2 fully saturated rings. The number of morpholine rings is 1. The SMILES string of the molecule is CCN(c1cc(-c2ccc(N3CCOCC3)nc2)cc(C(=O)NCc2c3c(c(C)[nH]c2=O)CN(CC(F)(F)F)CC3)c1C)C1CCOCC1. The highest BCUT2D eigenvalue weighted by Crippen LogP contribution is 2.34. The lowest BCUT2D eigenvalue weighted by molar-refractivity contribution is -0.147. The Hall–Kier alpha value is -3.94. The van der Waals surface area contributed by atoms with Crippen molar-refractivity contribution in [2.45, 2.75) is 65.3 Å². The third-order valence-electron chi connectivity index (χ3n) is 9.97. The first-order valence-electron chi connectivity index (χ1n) is 17.1. The Morgan fingerprint density at radius 2 is 1.78 bits per heavy atom. The van der Waals surface area contributed by atoms with Gasteiger partial charge in [0.15, 0.2) is 0 Å². The number of pyridine rings is 2. The topological polar surface area (TPSA) is 103 Å². The number of rotatable bonds is 9. The molecule has 0 atom stereocenters. The first-order chi connectivity index (χ1) is 23.5. The number of carbonyl (C=O) groups excluding carboxylic acids is 1. The van der Waals surface area contributed by atoms with E-state index >= 15 is 0 Å². The maximum Gasteiger partial charge on any atom is 0.401 e. The first-order valence-corrected chi connectivity index (χ1v) is 17.1. The number of hydrogen-bond acceptors (Lipinski definition) is 8. The van der Waals surface area contributed by atoms with E-state index in [-0.39, 0.29) is 37.1 Å². The van der Waals surface area contributed by atoms with Crippen molar-refractivity contribution in [3.63, 3.8) is 0 Å². The van der Waals surface area contributed by atoms with Gasteiger partial charge in [-0.1, -0.05) is 0 Å². The monoisotopic (exact) mass is 682 g/mol. The van der Waals surface area contributed by atoms with Gasteiger partial charge >= 0.3 is 6.18 Å². The van der Waals surface area contributed by atoms with Crippen LogP contribution in [0.3, 0.4) is 0 Å². The van der Waals surface area contributed by atoms with Gasteiger partial charge in [-0.3, -0.25) is 14.5 Å². The molecule has 0 aliphatic carbocycles. The molecule has 264 valence electrons. The second-order valence-corrected chi connectivity index (χ2v) is 13.1. The van der Waals surface area contributed by atoms with E-state index in [0.717, 1.165) is 60.7 Å². The summed E-state index contributed by atoms with van der Waals surface area (Å²) in [5, 5.41) is 2.99. The van der Waals surface area contributed by atoms with E-state index in [1.54, 1.807) is 6.92 Å². The molecule has 49 heavy (non-hydrogen) atoms. The highest BCUT2D eigenvalue weighted by Gasteiger charge is 2.33. The van der Waals surface area contributed by atoms with Gasteiger partial charge in [0, 0.05) is 92.8 Å². The fourth-order valence-electron chi connectivity index (χ4n) is 7.35. The predicted octanol–water partition coefficient (Wildman–Crippen LogP) is 4.75. The standard InChI is InChI=1S/C36H45F3N6O4/c1-4-45(27-8-13-48-14-9-27)32-18-26(25-5-6-33(40-19-25)44-11-15-49-16-12-44)17-29(23(32)2)34(46)41-20-30-28-7-10-43(22-36(37,38)39)21-31(28)24(3)42-35(30)47/h5-6,17-19,27H,4,7-16,20-22H2,1-3H3,(H,41,46)(H,42,47). The molecule has 2 aromatic heterocycles. The fourth-order valence-corrected chi connectivity index (χ4v) is 7.35. The minimum atomic E-state index is -4.31. The molecule has 3 aliphatic heterocycles. The van der Waals surface area contributed by atoms with Crippen molar-refractivity contribution in [1.82, 2.24) is 20.2 Å². The Labute approximate surface area is 284 Å². The van der Waals surface area contributed by atoms with Gasteiger partial charge in [-0.05, 0) is 86.6 Å². The minimum absolute atomic E-state index is 0.0394. The first kappa shape index (κ1) is 34.9. The number of aromatic nitrogens is 2. The van der Waals surface area contributed by atoms with Gasteiger partial charge in [-0.15, -0.1) is 0 Å². The third kappa shape index (κ3) is 7.94. The molecule has 0 spiro atoms. The maximum atomic E-state index is 14.0. The summed E-state index contributed by atoms with van der Waals surface area (Å²) in [5.74, 6) is 0.549. The third-order valence-corrected chi connectivity index (χ3v) is 9.97. The van der Waals surface area contributed by atoms with Crippen LogP contribution in [0.5, 0.6) is 0 Å². The minimum Gasteiger partial charge on any atom is -0.381 e. The van der Waals surface area contributed by atoms with Crippen LogP contribution in [-0.4, -0.2) is 92.1 Å². The number of nitrogens with zero attached hydrogens (tertiary/aromatic N) is 4. The van der Waals surface area contributed by atoms with Crippen LogP contribution in [0.4, 0.5) is 24.7 Å². The van der Waals surface area contributed by atoms with Crippen molar-refractivity contribution in [2.75, 3.05) is 69.0 Å². The quantitative estimate of drug-likeness (QED) is 0.334. The summed E-state index contributed by atoms with van der Waals surface area (Å²) in [6.45, 7) is 9.98. The molecule has 2 saturated heterocycles. The highest BCUT2D eigenvalue weighted by molar-refractivity contribution is 5.99. The Bertz CT molecular complexity index is 1700. The molecule has 3 aromatic rings. The molecule has 13 heteroatoms. The number of H-pyrrole nitrogens is 1. The molecule has 5 heterocycles. The van der Waals surface area contributed by atoms with Crippen LogP contribution in [-0.2, 0) is 29.0 Å². The summed E-state index contributed by atoms with van der Waals surface area (Å²) < 4.78 is 50.5. The number of fused-ring (bicyclic) bond motifs is 1. The average Bonchev–Trinajstić information content (AvgIpc) is 3.09. The van der Waals surface area contributed by atoms with E-state index in [4.69, 9.17) is 14.5 Å². The summed E-state index contributed by atoms with van der Waals surface area (Å²) in [7, 11) is 0. The zero-order chi connectivity index (χ0) is 34.7. The molecule has 3 aliphatic rings. The fraction of sp³-hybridized carbons (Fsp3) is 0.528. The van der Waals surface area contributed by atoms with Gasteiger partial charge in [-0.2, -0.15) is 13.2 Å². The van der Waals surface area contributed by atoms with Crippen LogP contribution >= 0.6 is 0 Å². The van der Waals surface area contributed by atoms with E-state index < -0.39 is 12.7 Å². The van der Waals surface area contributed by atoms with E-state index in [0.29, 0.717) is 60.8 Å². The molecule has 1 amide bonds. The van der Waals surface area contributed by atoms with Crippen LogP contribution < -0.4 is 20.7 Å². The van der Waals surface area contributed by atoms with E-state index in [9.17, 15) is 22.8 Å². The van der Waals surface area contributed by atoms with Crippen molar-refractivity contribution in [3.05, 3.63) is 74.3 Å². The summed E-state index contributed by atoms with van der Waals surface area (Å²) in [4.78, 5) is 40.6. The molecule has 10 nitrogen and oxygen atoms in total. The number of halogens is 3. The molecule has 1 aromatic carbocycles. The van der Waals surface area contributed by atoms with Crippen LogP contribution in [0.25, 0.3) is 11.1 Å². The number of aromatic amines is 1. The van der Waals surface area contributed by atoms with Crippen molar-refractivity contribution in [3.8, 4) is 11.1 Å². The zero-order valence-corrected chi connectivity index (χ0v) is 28.4. The Balaban J connectivity index is 1.31. The molecule has 0 saturated carbocycles. The number of alkyl halides is 3. The molecule has 0 bridgehead atoms. The average molecular weight is 683 g/mol. The molecule has 0 radical (unpaired) electrons. The lowest BCUT2D eigenvalue weighted by atomic mass is 9.94. The van der Waals surface area contributed by atoms with E-state index in [2.05, 4.69) is 33.1 Å². The predicted molar refractivity (Wildman–Crippen MR) is 182 cm³/mol. The lowest BCUT2D eigenvalue weighted by Crippen LogP contribution is -2.40. The van der Waals surface area contributed by atoms with Crippen LogP contribution in [0, 0.1) is 13.8 Å². The smallest absolute Gasteiger partial charge is 0.381 e. The van der Waals surface area contributed by atoms with Crippen molar-refractivity contribution < 1.29 is 27.4 Å².